The van der Waals surface area contributed by atoms with Gasteiger partial charge >= 0.3 is 0 Å². The molecule has 1 amide bonds. The van der Waals surface area contributed by atoms with Crippen LogP contribution >= 0.6 is 0 Å². The van der Waals surface area contributed by atoms with Crippen LogP contribution in [0.1, 0.15) is 29.0 Å². The first-order valence-corrected chi connectivity index (χ1v) is 8.39. The number of nitrogens with zero attached hydrogens (tertiary/aromatic N) is 1. The third-order valence-corrected chi connectivity index (χ3v) is 4.89. The second-order valence-corrected chi connectivity index (χ2v) is 7.01. The number of carbonyl (C=O) groups is 1. The zero-order valence-corrected chi connectivity index (χ0v) is 13.8. The van der Waals surface area contributed by atoms with Gasteiger partial charge in [0.2, 0.25) is 10.0 Å². The zero-order valence-electron chi connectivity index (χ0n) is 13.0. The molecule has 0 radical (unpaired) electrons. The van der Waals surface area contributed by atoms with Gasteiger partial charge in [0, 0.05) is 13.2 Å². The minimum absolute atomic E-state index is 0.0158. The van der Waals surface area contributed by atoms with Gasteiger partial charge in [-0.1, -0.05) is 12.1 Å². The molecule has 1 atom stereocenters. The summed E-state index contributed by atoms with van der Waals surface area (Å²) in [6.45, 7) is 1.76. The van der Waals surface area contributed by atoms with Gasteiger partial charge in [0.05, 0.1) is 6.04 Å². The number of sulfonamides is 1. The lowest BCUT2D eigenvalue weighted by Crippen LogP contribution is -2.28. The first-order chi connectivity index (χ1) is 10.7. The summed E-state index contributed by atoms with van der Waals surface area (Å²) >= 11 is 0. The van der Waals surface area contributed by atoms with E-state index in [9.17, 15) is 17.6 Å². The van der Waals surface area contributed by atoms with Crippen molar-refractivity contribution < 1.29 is 17.6 Å². The third-order valence-electron chi connectivity index (χ3n) is 3.51. The Kier molecular flexibility index (Phi) is 4.86. The van der Waals surface area contributed by atoms with Crippen LogP contribution in [0.25, 0.3) is 0 Å². The van der Waals surface area contributed by atoms with E-state index in [1.807, 2.05) is 0 Å². The van der Waals surface area contributed by atoms with Crippen molar-refractivity contribution in [3.05, 3.63) is 53.6 Å². The molecule has 0 unspecified atom stereocenters. The molecule has 0 bridgehead atoms. The molecule has 0 saturated heterocycles. The molecule has 0 saturated carbocycles. The van der Waals surface area contributed by atoms with Crippen molar-refractivity contribution in [1.82, 2.24) is 14.6 Å². The fraction of sp³-hybridized carbons (Fsp3) is 0.267. The first-order valence-electron chi connectivity index (χ1n) is 6.91. The molecule has 2 rings (SSSR count). The van der Waals surface area contributed by atoms with Crippen LogP contribution in [-0.4, -0.2) is 25.9 Å². The maximum absolute atomic E-state index is 12.9. The van der Waals surface area contributed by atoms with Crippen LogP contribution < -0.4 is 10.0 Å². The number of amides is 1. The number of hydrogen-bond acceptors (Lipinski definition) is 3. The summed E-state index contributed by atoms with van der Waals surface area (Å²) < 4.78 is 40.1. The quantitative estimate of drug-likeness (QED) is 0.868. The molecule has 124 valence electrons. The standard InChI is InChI=1S/C15H18FN3O3S/c1-10(11-4-6-12(16)7-5-11)18-15(20)14-8-13(9-19(14)3)23(21,22)17-2/h4-10,17H,1-3H3,(H,18,20)/t10-/m0/s1. The molecule has 23 heavy (non-hydrogen) atoms. The molecule has 2 aromatic rings. The summed E-state index contributed by atoms with van der Waals surface area (Å²) in [4.78, 5) is 12.3. The van der Waals surface area contributed by atoms with Crippen LogP contribution in [-0.2, 0) is 17.1 Å². The predicted octanol–water partition coefficient (Wildman–Crippen LogP) is 1.56. The molecule has 1 heterocycles. The van der Waals surface area contributed by atoms with E-state index in [1.54, 1.807) is 26.1 Å². The Hall–Kier alpha value is -2.19. The molecular formula is C15H18FN3O3S. The minimum Gasteiger partial charge on any atom is -0.345 e. The smallest absolute Gasteiger partial charge is 0.268 e. The molecule has 1 aromatic carbocycles. The van der Waals surface area contributed by atoms with E-state index < -0.39 is 15.9 Å². The average molecular weight is 339 g/mol. The van der Waals surface area contributed by atoms with E-state index >= 15 is 0 Å². The molecule has 0 aliphatic rings. The first kappa shape index (κ1) is 17.2. The molecule has 2 N–H and O–H groups in total. The van der Waals surface area contributed by atoms with Gasteiger partial charge in [-0.25, -0.2) is 17.5 Å². The van der Waals surface area contributed by atoms with Crippen molar-refractivity contribution in [2.75, 3.05) is 7.05 Å². The van der Waals surface area contributed by atoms with Crippen molar-refractivity contribution >= 4 is 15.9 Å². The monoisotopic (exact) mass is 339 g/mol. The largest absolute Gasteiger partial charge is 0.345 e. The number of halogens is 1. The Morgan fingerprint density at radius 2 is 1.87 bits per heavy atom. The Bertz CT molecular complexity index is 813. The second-order valence-electron chi connectivity index (χ2n) is 5.13. The van der Waals surface area contributed by atoms with E-state index in [0.717, 1.165) is 5.56 Å². The van der Waals surface area contributed by atoms with Crippen molar-refractivity contribution in [2.24, 2.45) is 7.05 Å². The van der Waals surface area contributed by atoms with Crippen LogP contribution in [0.3, 0.4) is 0 Å². The highest BCUT2D eigenvalue weighted by Crippen LogP contribution is 2.16. The molecule has 0 spiro atoms. The van der Waals surface area contributed by atoms with Gasteiger partial charge in [-0.3, -0.25) is 4.79 Å². The van der Waals surface area contributed by atoms with Crippen molar-refractivity contribution in [3.63, 3.8) is 0 Å². The van der Waals surface area contributed by atoms with E-state index in [4.69, 9.17) is 0 Å². The molecule has 0 aliphatic carbocycles. The second kappa shape index (κ2) is 6.51. The maximum Gasteiger partial charge on any atom is 0.268 e. The summed E-state index contributed by atoms with van der Waals surface area (Å²) in [6.07, 6.45) is 1.36. The van der Waals surface area contributed by atoms with E-state index in [1.165, 1.54) is 36.0 Å². The highest BCUT2D eigenvalue weighted by atomic mass is 32.2. The maximum atomic E-state index is 12.9. The number of aromatic nitrogens is 1. The number of rotatable bonds is 5. The van der Waals surface area contributed by atoms with Gasteiger partial charge in [0.25, 0.3) is 5.91 Å². The van der Waals surface area contributed by atoms with E-state index in [2.05, 4.69) is 10.0 Å². The summed E-state index contributed by atoms with van der Waals surface area (Å²) in [6, 6.07) is 6.77. The molecule has 1 aromatic heterocycles. The lowest BCUT2D eigenvalue weighted by atomic mass is 10.1. The molecule has 8 heteroatoms. The fourth-order valence-corrected chi connectivity index (χ4v) is 2.93. The minimum atomic E-state index is -3.61. The van der Waals surface area contributed by atoms with Gasteiger partial charge in [-0.05, 0) is 37.7 Å². The topological polar surface area (TPSA) is 80.2 Å². The lowest BCUT2D eigenvalue weighted by Gasteiger charge is -2.14. The average Bonchev–Trinajstić information content (AvgIpc) is 2.90. The molecule has 0 fully saturated rings. The highest BCUT2D eigenvalue weighted by molar-refractivity contribution is 7.89. The Labute approximate surface area is 134 Å². The van der Waals surface area contributed by atoms with Crippen molar-refractivity contribution in [3.8, 4) is 0 Å². The summed E-state index contributed by atoms with van der Waals surface area (Å²) in [7, 11) is -0.718. The number of aryl methyl sites for hydroxylation is 1. The van der Waals surface area contributed by atoms with Gasteiger partial charge in [0.15, 0.2) is 0 Å². The van der Waals surface area contributed by atoms with Gasteiger partial charge in [0.1, 0.15) is 16.4 Å². The lowest BCUT2D eigenvalue weighted by molar-refractivity contribution is 0.0931. The van der Waals surface area contributed by atoms with E-state index in [0.29, 0.717) is 0 Å². The third kappa shape index (κ3) is 3.77. The van der Waals surface area contributed by atoms with Gasteiger partial charge in [-0.15, -0.1) is 0 Å². The normalized spacial score (nSPS) is 12.9. The van der Waals surface area contributed by atoms with Crippen LogP contribution in [0.4, 0.5) is 4.39 Å². The highest BCUT2D eigenvalue weighted by Gasteiger charge is 2.20. The number of nitrogens with one attached hydrogen (secondary N) is 2. The summed E-state index contributed by atoms with van der Waals surface area (Å²) in [5, 5.41) is 2.76. The number of carbonyl (C=O) groups excluding carboxylic acids is 1. The summed E-state index contributed by atoms with van der Waals surface area (Å²) in [5.74, 6) is -0.765. The number of hydrogen-bond donors (Lipinski definition) is 2. The summed E-state index contributed by atoms with van der Waals surface area (Å²) in [5.41, 5.74) is 0.963. The Morgan fingerprint density at radius 1 is 1.26 bits per heavy atom. The molecule has 0 aliphatic heterocycles. The number of benzene rings is 1. The van der Waals surface area contributed by atoms with Gasteiger partial charge < -0.3 is 9.88 Å². The van der Waals surface area contributed by atoms with Gasteiger partial charge in [-0.2, -0.15) is 0 Å². The SMILES string of the molecule is CNS(=O)(=O)c1cc(C(=O)N[C@@H](C)c2ccc(F)cc2)n(C)c1. The van der Waals surface area contributed by atoms with E-state index in [-0.39, 0.29) is 22.4 Å². The Morgan fingerprint density at radius 3 is 2.43 bits per heavy atom. The molecule has 6 nitrogen and oxygen atoms in total. The van der Waals surface area contributed by atoms with Crippen LogP contribution in [0, 0.1) is 5.82 Å². The van der Waals surface area contributed by atoms with Crippen LogP contribution in [0.2, 0.25) is 0 Å². The van der Waals surface area contributed by atoms with Crippen LogP contribution in [0.15, 0.2) is 41.4 Å². The molecular weight excluding hydrogens is 321 g/mol. The van der Waals surface area contributed by atoms with Crippen molar-refractivity contribution in [1.29, 1.82) is 0 Å². The van der Waals surface area contributed by atoms with Crippen LogP contribution in [0.5, 0.6) is 0 Å². The zero-order chi connectivity index (χ0) is 17.2. The Balaban J connectivity index is 2.19. The predicted molar refractivity (Wildman–Crippen MR) is 83.9 cm³/mol. The fourth-order valence-electron chi connectivity index (χ4n) is 2.13. The van der Waals surface area contributed by atoms with Crippen molar-refractivity contribution in [2.45, 2.75) is 17.9 Å².